The molecule has 0 aliphatic carbocycles. The third-order valence-corrected chi connectivity index (χ3v) is 3.42. The molecule has 4 nitrogen and oxygen atoms in total. The van der Waals surface area contributed by atoms with Gasteiger partial charge in [0.2, 0.25) is 0 Å². The van der Waals surface area contributed by atoms with Crippen LogP contribution in [-0.4, -0.2) is 9.55 Å². The first-order valence-corrected chi connectivity index (χ1v) is 6.43. The van der Waals surface area contributed by atoms with Crippen molar-refractivity contribution < 1.29 is 0 Å². The largest absolute Gasteiger partial charge is 0.399 e. The normalized spacial score (nSPS) is 10.9. The number of nitrogens with two attached hydrogens (primary N) is 1. The molecule has 100 valence electrons. The number of aryl methyl sites for hydroxylation is 2. The summed E-state index contributed by atoms with van der Waals surface area (Å²) in [6.07, 6.45) is 0. The summed E-state index contributed by atoms with van der Waals surface area (Å²) < 4.78 is 1.65. The SMILES string of the molecule is Cc1ccccc1-n1c(C)nc2cc(N)ccc2c1=O. The molecular formula is C16H15N3O. The third kappa shape index (κ3) is 1.86. The highest BCUT2D eigenvalue weighted by Crippen LogP contribution is 2.17. The van der Waals surface area contributed by atoms with Crippen molar-refractivity contribution in [3.05, 3.63) is 64.2 Å². The minimum Gasteiger partial charge on any atom is -0.399 e. The zero-order chi connectivity index (χ0) is 14.3. The number of benzene rings is 2. The molecule has 0 fully saturated rings. The van der Waals surface area contributed by atoms with Crippen LogP contribution in [0.25, 0.3) is 16.6 Å². The molecule has 1 heterocycles. The molecule has 4 heteroatoms. The third-order valence-electron chi connectivity index (χ3n) is 3.42. The summed E-state index contributed by atoms with van der Waals surface area (Å²) in [6, 6.07) is 13.0. The van der Waals surface area contributed by atoms with Crippen molar-refractivity contribution in [3.63, 3.8) is 0 Å². The lowest BCUT2D eigenvalue weighted by molar-refractivity contribution is 0.888. The van der Waals surface area contributed by atoms with Crippen molar-refractivity contribution >= 4 is 16.6 Å². The fraction of sp³-hybridized carbons (Fsp3) is 0.125. The van der Waals surface area contributed by atoms with Crippen molar-refractivity contribution in [2.24, 2.45) is 0 Å². The predicted molar refractivity (Wildman–Crippen MR) is 81.2 cm³/mol. The van der Waals surface area contributed by atoms with Gasteiger partial charge in [0.15, 0.2) is 0 Å². The number of fused-ring (bicyclic) bond motifs is 1. The monoisotopic (exact) mass is 265 g/mol. The summed E-state index contributed by atoms with van der Waals surface area (Å²) >= 11 is 0. The molecule has 2 aromatic carbocycles. The van der Waals surface area contributed by atoms with E-state index in [1.54, 1.807) is 22.8 Å². The lowest BCUT2D eigenvalue weighted by Crippen LogP contribution is -2.23. The van der Waals surface area contributed by atoms with Crippen LogP contribution in [0.15, 0.2) is 47.3 Å². The summed E-state index contributed by atoms with van der Waals surface area (Å²) in [5.41, 5.74) is 8.82. The zero-order valence-electron chi connectivity index (χ0n) is 11.4. The zero-order valence-corrected chi connectivity index (χ0v) is 11.4. The summed E-state index contributed by atoms with van der Waals surface area (Å²) in [4.78, 5) is 17.2. The van der Waals surface area contributed by atoms with Gasteiger partial charge in [0, 0.05) is 5.69 Å². The number of para-hydroxylation sites is 1. The Hall–Kier alpha value is -2.62. The van der Waals surface area contributed by atoms with Gasteiger partial charge in [-0.05, 0) is 43.7 Å². The number of rotatable bonds is 1. The molecule has 20 heavy (non-hydrogen) atoms. The Morgan fingerprint density at radius 3 is 2.60 bits per heavy atom. The number of anilines is 1. The molecule has 3 aromatic rings. The number of nitrogen functional groups attached to an aromatic ring is 1. The van der Waals surface area contributed by atoms with Crippen LogP contribution in [0.2, 0.25) is 0 Å². The first-order chi connectivity index (χ1) is 9.58. The topological polar surface area (TPSA) is 60.9 Å². The Kier molecular flexibility index (Phi) is 2.79. The minimum absolute atomic E-state index is 0.0678. The fourth-order valence-electron chi connectivity index (χ4n) is 2.41. The van der Waals surface area contributed by atoms with Gasteiger partial charge in [-0.15, -0.1) is 0 Å². The van der Waals surface area contributed by atoms with Crippen molar-refractivity contribution in [1.29, 1.82) is 0 Å². The van der Waals surface area contributed by atoms with E-state index in [4.69, 9.17) is 5.73 Å². The maximum Gasteiger partial charge on any atom is 0.265 e. The van der Waals surface area contributed by atoms with Crippen LogP contribution in [0.4, 0.5) is 5.69 Å². The van der Waals surface area contributed by atoms with Gasteiger partial charge in [-0.25, -0.2) is 4.98 Å². The van der Waals surface area contributed by atoms with Crippen molar-refractivity contribution in [2.75, 3.05) is 5.73 Å². The van der Waals surface area contributed by atoms with E-state index in [2.05, 4.69) is 4.98 Å². The molecule has 0 saturated heterocycles. The lowest BCUT2D eigenvalue weighted by atomic mass is 10.1. The van der Waals surface area contributed by atoms with E-state index in [1.165, 1.54) is 0 Å². The van der Waals surface area contributed by atoms with Crippen LogP contribution in [0, 0.1) is 13.8 Å². The quantitative estimate of drug-likeness (QED) is 0.688. The number of hydrogen-bond acceptors (Lipinski definition) is 3. The fourth-order valence-corrected chi connectivity index (χ4v) is 2.41. The molecule has 3 rings (SSSR count). The number of nitrogens with zero attached hydrogens (tertiary/aromatic N) is 2. The minimum atomic E-state index is -0.0678. The average molecular weight is 265 g/mol. The van der Waals surface area contributed by atoms with Crippen molar-refractivity contribution in [1.82, 2.24) is 9.55 Å². The maximum atomic E-state index is 12.7. The van der Waals surface area contributed by atoms with Gasteiger partial charge in [0.05, 0.1) is 16.6 Å². The van der Waals surface area contributed by atoms with Crippen molar-refractivity contribution in [3.8, 4) is 5.69 Å². The van der Waals surface area contributed by atoms with Crippen molar-refractivity contribution in [2.45, 2.75) is 13.8 Å². The second-order valence-electron chi connectivity index (χ2n) is 4.86. The summed E-state index contributed by atoms with van der Waals surface area (Å²) in [7, 11) is 0. The molecule has 0 bridgehead atoms. The number of aromatic nitrogens is 2. The van der Waals surface area contributed by atoms with Gasteiger partial charge >= 0.3 is 0 Å². The average Bonchev–Trinajstić information content (AvgIpc) is 2.40. The van der Waals surface area contributed by atoms with Gasteiger partial charge in [-0.2, -0.15) is 0 Å². The van der Waals surface area contributed by atoms with Crippen LogP contribution >= 0.6 is 0 Å². The highest BCUT2D eigenvalue weighted by atomic mass is 16.1. The van der Waals surface area contributed by atoms with E-state index in [-0.39, 0.29) is 5.56 Å². The van der Waals surface area contributed by atoms with E-state index in [0.717, 1.165) is 11.3 Å². The molecule has 0 aliphatic heterocycles. The van der Waals surface area contributed by atoms with Gasteiger partial charge in [-0.1, -0.05) is 18.2 Å². The molecule has 0 radical (unpaired) electrons. The molecule has 0 saturated carbocycles. The Morgan fingerprint density at radius 1 is 1.10 bits per heavy atom. The van der Waals surface area contributed by atoms with E-state index >= 15 is 0 Å². The summed E-state index contributed by atoms with van der Waals surface area (Å²) in [6.45, 7) is 3.81. The van der Waals surface area contributed by atoms with E-state index in [0.29, 0.717) is 22.4 Å². The predicted octanol–water partition coefficient (Wildman–Crippen LogP) is 2.58. The molecule has 0 aliphatic rings. The first kappa shape index (κ1) is 12.4. The van der Waals surface area contributed by atoms with E-state index in [1.807, 2.05) is 38.1 Å². The summed E-state index contributed by atoms with van der Waals surface area (Å²) in [5, 5.41) is 0.577. The molecule has 0 unspecified atom stereocenters. The Labute approximate surface area is 116 Å². The van der Waals surface area contributed by atoms with Gasteiger partial charge < -0.3 is 5.73 Å². The first-order valence-electron chi connectivity index (χ1n) is 6.43. The Bertz CT molecular complexity index is 865. The molecule has 0 amide bonds. The molecule has 0 spiro atoms. The maximum absolute atomic E-state index is 12.7. The van der Waals surface area contributed by atoms with Crippen LogP contribution in [0.1, 0.15) is 11.4 Å². The Balaban J connectivity index is 2.41. The second kappa shape index (κ2) is 4.49. The van der Waals surface area contributed by atoms with Gasteiger partial charge in [-0.3, -0.25) is 9.36 Å². The molecule has 1 aromatic heterocycles. The molecule has 0 atom stereocenters. The molecular weight excluding hydrogens is 250 g/mol. The second-order valence-corrected chi connectivity index (χ2v) is 4.86. The molecule has 2 N–H and O–H groups in total. The van der Waals surface area contributed by atoms with Gasteiger partial charge in [0.1, 0.15) is 5.82 Å². The number of hydrogen-bond donors (Lipinski definition) is 1. The standard InChI is InChI=1S/C16H15N3O/c1-10-5-3-4-6-15(10)19-11(2)18-14-9-12(17)7-8-13(14)16(19)20/h3-9H,17H2,1-2H3. The van der Waals surface area contributed by atoms with Gasteiger partial charge in [0.25, 0.3) is 5.56 Å². The smallest absolute Gasteiger partial charge is 0.265 e. The highest BCUT2D eigenvalue weighted by Gasteiger charge is 2.11. The highest BCUT2D eigenvalue weighted by molar-refractivity contribution is 5.81. The lowest BCUT2D eigenvalue weighted by Gasteiger charge is -2.13. The Morgan fingerprint density at radius 2 is 1.85 bits per heavy atom. The van der Waals surface area contributed by atoms with Crippen LogP contribution in [0.5, 0.6) is 0 Å². The van der Waals surface area contributed by atoms with E-state index in [9.17, 15) is 4.79 Å². The van der Waals surface area contributed by atoms with E-state index < -0.39 is 0 Å². The van der Waals surface area contributed by atoms with Crippen LogP contribution < -0.4 is 11.3 Å². The van der Waals surface area contributed by atoms with Crippen LogP contribution in [-0.2, 0) is 0 Å². The summed E-state index contributed by atoms with van der Waals surface area (Å²) in [5.74, 6) is 0.655. The van der Waals surface area contributed by atoms with Crippen LogP contribution in [0.3, 0.4) is 0 Å².